The maximum absolute atomic E-state index is 9.76. The summed E-state index contributed by atoms with van der Waals surface area (Å²) in [6.45, 7) is 66.8. The van der Waals surface area contributed by atoms with Gasteiger partial charge >= 0.3 is 0 Å². The minimum absolute atomic E-state index is 0. The average Bonchev–Trinajstić information content (AvgIpc) is 0.776. The number of aliphatic hydroxyl groups is 8. The first kappa shape index (κ1) is 131. The number of rotatable bonds is 23. The first-order valence-corrected chi connectivity index (χ1v) is 49.2. The molecule has 4 radical (unpaired) electrons. The molecule has 0 bridgehead atoms. The molecule has 16 nitrogen and oxygen atoms in total. The summed E-state index contributed by atoms with van der Waals surface area (Å²) >= 11 is 0. The monoisotopic (exact) mass is 2650 g/mol. The molecule has 0 saturated carbocycles. The van der Waals surface area contributed by atoms with Gasteiger partial charge in [-0.25, -0.2) is 19.9 Å². The average molecular weight is 2650 g/mol. The molecule has 143 heavy (non-hydrogen) atoms. The molecule has 20 heteroatoms. The quantitative estimate of drug-likeness (QED) is 0.0277. The van der Waals surface area contributed by atoms with E-state index >= 15 is 0 Å². The minimum atomic E-state index is -0.443. The van der Waals surface area contributed by atoms with Crippen LogP contribution in [0.4, 0.5) is 0 Å². The largest absolute Gasteiger partial charge is 0.393 e. The molecule has 0 aliphatic carbocycles. The molecule has 8 atom stereocenters. The molecule has 0 aliphatic rings. The molecule has 0 saturated heterocycles. The van der Waals surface area contributed by atoms with Crippen molar-refractivity contribution in [2.45, 2.75) is 303 Å². The van der Waals surface area contributed by atoms with Gasteiger partial charge in [-0.1, -0.05) is 304 Å². The van der Waals surface area contributed by atoms with E-state index in [1.54, 1.807) is 25.3 Å². The third kappa shape index (κ3) is 44.7. The van der Waals surface area contributed by atoms with Crippen LogP contribution in [0.25, 0.3) is 101 Å². The van der Waals surface area contributed by atoms with Crippen LogP contribution in [0.3, 0.4) is 0 Å². The van der Waals surface area contributed by atoms with Crippen molar-refractivity contribution in [3.63, 3.8) is 0 Å². The number of nitrogens with zero attached hydrogens (tertiary/aromatic N) is 8. The molecular formula is C123H162Ir4N8O8-4. The summed E-state index contributed by atoms with van der Waals surface area (Å²) in [7, 11) is 0. The van der Waals surface area contributed by atoms with E-state index in [1.807, 2.05) is 161 Å². The zero-order valence-corrected chi connectivity index (χ0v) is 101. The maximum Gasteiger partial charge on any atom is 0.106 e. The Morgan fingerprint density at radius 3 is 0.776 bits per heavy atom. The number of benzene rings is 9. The van der Waals surface area contributed by atoms with Crippen LogP contribution in [-0.4, -0.2) is 130 Å². The van der Waals surface area contributed by atoms with Crippen LogP contribution in [0.5, 0.6) is 0 Å². The van der Waals surface area contributed by atoms with Gasteiger partial charge in [0.15, 0.2) is 0 Å². The molecule has 13 aromatic rings. The Hall–Kier alpha value is -8.42. The third-order valence-corrected chi connectivity index (χ3v) is 24.1. The summed E-state index contributed by atoms with van der Waals surface area (Å²) in [5.41, 5.74) is 35.9. The van der Waals surface area contributed by atoms with Crippen molar-refractivity contribution < 1.29 is 121 Å². The summed E-state index contributed by atoms with van der Waals surface area (Å²) in [5, 5.41) is 75.8. The van der Waals surface area contributed by atoms with Crippen LogP contribution >= 0.6 is 0 Å². The van der Waals surface area contributed by atoms with Crippen LogP contribution < -0.4 is 0 Å². The molecule has 8 unspecified atom stereocenters. The summed E-state index contributed by atoms with van der Waals surface area (Å²) in [5.74, 6) is 1.44. The molecule has 13 rings (SSSR count). The first-order chi connectivity index (χ1) is 65.1. The fourth-order valence-corrected chi connectivity index (χ4v) is 15.4. The number of aliphatic hydroxyl groups excluding tert-OH is 8. The van der Waals surface area contributed by atoms with Crippen LogP contribution in [0, 0.1) is 174 Å². The second-order valence-electron chi connectivity index (χ2n) is 42.2. The molecule has 8 N–H and O–H groups in total. The van der Waals surface area contributed by atoms with Gasteiger partial charge in [0, 0.05) is 98.0 Å². The van der Waals surface area contributed by atoms with Gasteiger partial charge in [-0.15, -0.1) is 140 Å². The summed E-state index contributed by atoms with van der Waals surface area (Å²) in [6.07, 6.45) is 5.41. The van der Waals surface area contributed by atoms with Crippen LogP contribution in [0.1, 0.15) is 234 Å². The number of aromatic nitrogens is 8. The smallest absolute Gasteiger partial charge is 0.106 e. The minimum Gasteiger partial charge on any atom is -0.393 e. The Kier molecular flexibility index (Phi) is 57.2. The molecule has 0 aliphatic heterocycles. The molecule has 0 fully saturated rings. The Morgan fingerprint density at radius 1 is 0.231 bits per heavy atom. The van der Waals surface area contributed by atoms with Crippen molar-refractivity contribution in [3.8, 4) is 101 Å². The van der Waals surface area contributed by atoms with E-state index in [9.17, 15) is 40.9 Å². The van der Waals surface area contributed by atoms with Gasteiger partial charge in [-0.3, -0.25) is 19.9 Å². The van der Waals surface area contributed by atoms with Crippen molar-refractivity contribution in [1.82, 2.24) is 39.9 Å². The Morgan fingerprint density at radius 2 is 0.469 bits per heavy atom. The second kappa shape index (κ2) is 62.7. The van der Waals surface area contributed by atoms with Crippen molar-refractivity contribution >= 4 is 0 Å². The fraction of sp³-hybridized carbons (Fsp3) is 0.431. The fourth-order valence-electron chi connectivity index (χ4n) is 15.4. The standard InChI is InChI=1S/C26H23N2.C21H21N2.C20H19N2.C18H15N2.C11H24O2.3C9H20O2.4Ir/c1-17-10-18(2)13-22(12-17)25-24(21-8-6-5-7-9-21)26(28-16-27-25)23-14-19(3)11-20(4)15-23;1-13-6-14(2)9-18(8-13)20-17(5)21(23-12-22-20)19-10-15(3)7-16(4)11-19;1-13-5-14(2)8-17(7-13)19-11-20(22-12-21-19)18-9-15(3)6-16(4)10-18;1-13-8-14(2)10-16(9-13)18-11-17(19-12-20-18)15-6-4-3-5-7-15;1-10(2,3)8(12)7-9(13)11(4,5)6;3*1-6(2)8(10)5-9(11)7(3)4;;;;/h5-14,16H,1-4H3;6-10,12H,1-5H3;5-9,11-12H,1-4H3;3-9,11-12H,1-2H3;8-9,12-13H,7H2,1-6H3;3*6-11H,5H2,1-4H3;;;;/q4*-1;;;;;;;;. The van der Waals surface area contributed by atoms with Gasteiger partial charge in [0.2, 0.25) is 0 Å². The topological polar surface area (TPSA) is 265 Å². The second-order valence-corrected chi connectivity index (χ2v) is 42.2. The van der Waals surface area contributed by atoms with E-state index in [2.05, 4.69) is 298 Å². The molecule has 0 spiro atoms. The normalized spacial score (nSPS) is 12.7. The van der Waals surface area contributed by atoms with E-state index in [-0.39, 0.29) is 163 Å². The van der Waals surface area contributed by atoms with Crippen LogP contribution in [0.2, 0.25) is 0 Å². The maximum atomic E-state index is 9.76. The molecule has 9 aromatic carbocycles. The van der Waals surface area contributed by atoms with Crippen LogP contribution in [-0.2, 0) is 80.4 Å². The summed E-state index contributed by atoms with van der Waals surface area (Å²) < 4.78 is 0. The molecule has 782 valence electrons. The van der Waals surface area contributed by atoms with E-state index in [4.69, 9.17) is 9.97 Å². The molecule has 4 aromatic heterocycles. The molecule has 4 heterocycles. The van der Waals surface area contributed by atoms with Crippen molar-refractivity contribution in [1.29, 1.82) is 0 Å². The van der Waals surface area contributed by atoms with E-state index < -0.39 is 12.2 Å². The van der Waals surface area contributed by atoms with Crippen molar-refractivity contribution in [3.05, 3.63) is 309 Å². The number of aryl methyl sites for hydroxylation is 14. The van der Waals surface area contributed by atoms with E-state index in [0.717, 1.165) is 129 Å². The predicted octanol–water partition coefficient (Wildman–Crippen LogP) is 27.1. The number of hydrogen-bond acceptors (Lipinski definition) is 16. The van der Waals surface area contributed by atoms with Gasteiger partial charge in [-0.05, 0) is 201 Å². The zero-order valence-electron chi connectivity index (χ0n) is 91.0. The Bertz CT molecular complexity index is 5520. The molecule has 0 amide bonds. The molecular weight excluding hydrogens is 2490 g/mol. The van der Waals surface area contributed by atoms with Gasteiger partial charge in [0.25, 0.3) is 0 Å². The van der Waals surface area contributed by atoms with Gasteiger partial charge < -0.3 is 40.9 Å². The first-order valence-electron chi connectivity index (χ1n) is 49.2. The summed E-state index contributed by atoms with van der Waals surface area (Å²) in [4.78, 5) is 36.1. The van der Waals surface area contributed by atoms with Gasteiger partial charge in [0.05, 0.1) is 71.6 Å². The number of hydrogen-bond donors (Lipinski definition) is 8. The third-order valence-electron chi connectivity index (χ3n) is 24.1. The van der Waals surface area contributed by atoms with Gasteiger partial charge in [-0.2, -0.15) is 0 Å². The van der Waals surface area contributed by atoms with E-state index in [0.29, 0.717) is 25.7 Å². The summed E-state index contributed by atoms with van der Waals surface area (Å²) in [6, 6.07) is 74.8. The Labute approximate surface area is 913 Å². The van der Waals surface area contributed by atoms with Crippen molar-refractivity contribution in [2.75, 3.05) is 0 Å². The predicted molar refractivity (Wildman–Crippen MR) is 578 cm³/mol. The van der Waals surface area contributed by atoms with E-state index in [1.165, 1.54) is 55.6 Å². The SMILES string of the molecule is CC(C)(C)C(O)CC(O)C(C)(C)C.CC(C)C(O)CC(O)C(C)C.CC(C)C(O)CC(O)C(C)C.CC(C)C(O)CC(O)C(C)C.Cc1[c-]c(-c2cc(-c3cc(C)cc(C)c3)ncn2)cc(C)c1.Cc1[c-]c(-c2cc(-c3ccccc3)ncn2)cc(C)c1.Cc1[c-]c(-c2ncnc(-c3cc(C)cc(C)c3)c2-c2ccccc2)cc(C)c1.Cc1[c-]c(-c2ncnc(-c3cc(C)cc(C)c3)c2C)cc(C)c1.[Ir].[Ir].[Ir].[Ir]. The Balaban J connectivity index is 0.000000564. The van der Waals surface area contributed by atoms with Gasteiger partial charge in [0.1, 0.15) is 25.3 Å². The van der Waals surface area contributed by atoms with Crippen LogP contribution in [0.15, 0.2) is 201 Å². The van der Waals surface area contributed by atoms with Crippen molar-refractivity contribution in [2.24, 2.45) is 46.3 Å². The zero-order chi connectivity index (χ0) is 104.